The third-order valence-electron chi connectivity index (χ3n) is 1.89. The van der Waals surface area contributed by atoms with Gasteiger partial charge < -0.3 is 9.73 Å². The van der Waals surface area contributed by atoms with Crippen LogP contribution in [0.25, 0.3) is 0 Å². The van der Waals surface area contributed by atoms with Gasteiger partial charge in [-0.05, 0) is 25.1 Å². The first kappa shape index (κ1) is 10.1. The average molecular weight is 179 g/mol. The van der Waals surface area contributed by atoms with Crippen molar-refractivity contribution in [2.45, 2.75) is 26.3 Å². The Morgan fingerprint density at radius 3 is 2.85 bits per heavy atom. The van der Waals surface area contributed by atoms with Gasteiger partial charge >= 0.3 is 0 Å². The van der Waals surface area contributed by atoms with E-state index < -0.39 is 0 Å². The van der Waals surface area contributed by atoms with Crippen molar-refractivity contribution in [1.82, 2.24) is 5.32 Å². The van der Waals surface area contributed by atoms with E-state index in [0.717, 1.165) is 37.5 Å². The molecule has 0 atom stereocenters. The van der Waals surface area contributed by atoms with Crippen molar-refractivity contribution in [3.05, 3.63) is 36.3 Å². The van der Waals surface area contributed by atoms with Crippen LogP contribution in [0.15, 0.2) is 29.2 Å². The highest BCUT2D eigenvalue weighted by Gasteiger charge is 1.98. The van der Waals surface area contributed by atoms with Crippen molar-refractivity contribution in [2.24, 2.45) is 0 Å². The molecule has 0 unspecified atom stereocenters. The predicted molar refractivity (Wildman–Crippen MR) is 54.6 cm³/mol. The minimum absolute atomic E-state index is 0.813. The van der Waals surface area contributed by atoms with Crippen LogP contribution in [0.2, 0.25) is 0 Å². The van der Waals surface area contributed by atoms with E-state index in [1.54, 1.807) is 0 Å². The Kier molecular flexibility index (Phi) is 4.33. The lowest BCUT2D eigenvalue weighted by Gasteiger charge is -1.98. The normalized spacial score (nSPS) is 10.2. The fourth-order valence-electron chi connectivity index (χ4n) is 1.12. The molecule has 0 saturated heterocycles. The van der Waals surface area contributed by atoms with Crippen molar-refractivity contribution >= 4 is 0 Å². The summed E-state index contributed by atoms with van der Waals surface area (Å²) < 4.78 is 5.52. The molecule has 2 nitrogen and oxygen atoms in total. The van der Waals surface area contributed by atoms with Crippen molar-refractivity contribution in [1.29, 1.82) is 0 Å². The van der Waals surface area contributed by atoms with Gasteiger partial charge in [-0.3, -0.25) is 0 Å². The van der Waals surface area contributed by atoms with Gasteiger partial charge in [0.1, 0.15) is 11.5 Å². The van der Waals surface area contributed by atoms with Gasteiger partial charge in [0.05, 0.1) is 6.54 Å². The minimum atomic E-state index is 0.813. The highest BCUT2D eigenvalue weighted by molar-refractivity contribution is 5.06. The number of furan rings is 1. The molecule has 1 N–H and O–H groups in total. The molecule has 1 heterocycles. The van der Waals surface area contributed by atoms with Crippen LogP contribution in [0.1, 0.15) is 24.9 Å². The first-order valence-corrected chi connectivity index (χ1v) is 4.76. The predicted octanol–water partition coefficient (Wildman–Crippen LogP) is 2.51. The maximum Gasteiger partial charge on any atom is 0.117 e. The average Bonchev–Trinajstić information content (AvgIpc) is 2.60. The zero-order valence-corrected chi connectivity index (χ0v) is 8.18. The van der Waals surface area contributed by atoms with Gasteiger partial charge in [-0.2, -0.15) is 0 Å². The molecule has 0 amide bonds. The van der Waals surface area contributed by atoms with Crippen LogP contribution in [0.3, 0.4) is 0 Å². The molecule has 0 aliphatic rings. The van der Waals surface area contributed by atoms with Crippen LogP contribution in [0.4, 0.5) is 0 Å². The van der Waals surface area contributed by atoms with Gasteiger partial charge in [0.2, 0.25) is 0 Å². The Labute approximate surface area is 79.6 Å². The van der Waals surface area contributed by atoms with Crippen LogP contribution in [0, 0.1) is 0 Å². The summed E-state index contributed by atoms with van der Waals surface area (Å²) in [6, 6.07) is 4.06. The van der Waals surface area contributed by atoms with E-state index in [0.29, 0.717) is 0 Å². The fraction of sp³-hybridized carbons (Fsp3) is 0.455. The molecule has 0 aliphatic carbocycles. The SMILES string of the molecule is C=CCCNCc1ccc(CC)o1. The zero-order valence-electron chi connectivity index (χ0n) is 8.18. The molecule has 0 aliphatic heterocycles. The topological polar surface area (TPSA) is 25.2 Å². The molecule has 0 spiro atoms. The van der Waals surface area contributed by atoms with Crippen molar-refractivity contribution in [2.75, 3.05) is 6.54 Å². The van der Waals surface area contributed by atoms with Crippen molar-refractivity contribution in [3.8, 4) is 0 Å². The number of nitrogens with one attached hydrogen (secondary N) is 1. The maximum atomic E-state index is 5.52. The molecule has 0 aromatic carbocycles. The summed E-state index contributed by atoms with van der Waals surface area (Å²) in [4.78, 5) is 0. The lowest BCUT2D eigenvalue weighted by molar-refractivity contribution is 0.452. The molecule has 0 saturated carbocycles. The molecule has 72 valence electrons. The van der Waals surface area contributed by atoms with E-state index in [4.69, 9.17) is 4.42 Å². The van der Waals surface area contributed by atoms with Gasteiger partial charge in [0, 0.05) is 6.42 Å². The van der Waals surface area contributed by atoms with Crippen LogP contribution in [-0.2, 0) is 13.0 Å². The Balaban J connectivity index is 2.24. The van der Waals surface area contributed by atoms with Crippen molar-refractivity contribution in [3.63, 3.8) is 0 Å². The number of rotatable bonds is 6. The Hall–Kier alpha value is -1.02. The lowest BCUT2D eigenvalue weighted by atomic mass is 10.3. The molecular formula is C11H17NO. The molecule has 1 aromatic heterocycles. The second kappa shape index (κ2) is 5.60. The fourth-order valence-corrected chi connectivity index (χ4v) is 1.12. The van der Waals surface area contributed by atoms with E-state index in [-0.39, 0.29) is 0 Å². The first-order valence-electron chi connectivity index (χ1n) is 4.76. The largest absolute Gasteiger partial charge is 0.465 e. The van der Waals surface area contributed by atoms with Crippen molar-refractivity contribution < 1.29 is 4.42 Å². The van der Waals surface area contributed by atoms with E-state index in [2.05, 4.69) is 18.8 Å². The molecular weight excluding hydrogens is 162 g/mol. The number of aryl methyl sites for hydroxylation is 1. The molecule has 0 bridgehead atoms. The standard InChI is InChI=1S/C11H17NO/c1-3-5-8-12-9-11-7-6-10(4-2)13-11/h3,6-7,12H,1,4-5,8-9H2,2H3. The van der Waals surface area contributed by atoms with Gasteiger partial charge in [0.25, 0.3) is 0 Å². The van der Waals surface area contributed by atoms with E-state index >= 15 is 0 Å². The molecule has 0 radical (unpaired) electrons. The van der Waals surface area contributed by atoms with E-state index in [1.165, 1.54) is 0 Å². The summed E-state index contributed by atoms with van der Waals surface area (Å²) in [6.07, 6.45) is 3.88. The smallest absolute Gasteiger partial charge is 0.117 e. The molecule has 2 heteroatoms. The third-order valence-corrected chi connectivity index (χ3v) is 1.89. The third kappa shape index (κ3) is 3.47. The second-order valence-corrected chi connectivity index (χ2v) is 2.98. The summed E-state index contributed by atoms with van der Waals surface area (Å²) in [5.74, 6) is 2.07. The summed E-state index contributed by atoms with van der Waals surface area (Å²) in [6.45, 7) is 7.53. The van der Waals surface area contributed by atoms with E-state index in [9.17, 15) is 0 Å². The second-order valence-electron chi connectivity index (χ2n) is 2.98. The molecule has 13 heavy (non-hydrogen) atoms. The molecule has 0 fully saturated rings. The summed E-state index contributed by atoms with van der Waals surface area (Å²) in [5.41, 5.74) is 0. The highest BCUT2D eigenvalue weighted by atomic mass is 16.3. The molecule has 1 rings (SSSR count). The van der Waals surface area contributed by atoms with Gasteiger partial charge in [-0.25, -0.2) is 0 Å². The van der Waals surface area contributed by atoms with Gasteiger partial charge in [0.15, 0.2) is 0 Å². The zero-order chi connectivity index (χ0) is 9.52. The first-order chi connectivity index (χ1) is 6.36. The van der Waals surface area contributed by atoms with Crippen LogP contribution < -0.4 is 5.32 Å². The van der Waals surface area contributed by atoms with E-state index in [1.807, 2.05) is 18.2 Å². The highest BCUT2D eigenvalue weighted by Crippen LogP contribution is 2.07. The van der Waals surface area contributed by atoms with Crippen LogP contribution in [0.5, 0.6) is 0 Å². The number of hydrogen-bond acceptors (Lipinski definition) is 2. The number of hydrogen-bond donors (Lipinski definition) is 1. The Morgan fingerprint density at radius 2 is 2.23 bits per heavy atom. The monoisotopic (exact) mass is 179 g/mol. The molecule has 1 aromatic rings. The van der Waals surface area contributed by atoms with Gasteiger partial charge in [-0.1, -0.05) is 13.0 Å². The Morgan fingerprint density at radius 1 is 1.46 bits per heavy atom. The summed E-state index contributed by atoms with van der Waals surface area (Å²) in [7, 11) is 0. The quantitative estimate of drug-likeness (QED) is 0.536. The van der Waals surface area contributed by atoms with Gasteiger partial charge in [-0.15, -0.1) is 6.58 Å². The Bertz CT molecular complexity index is 252. The lowest BCUT2D eigenvalue weighted by Crippen LogP contribution is -2.13. The minimum Gasteiger partial charge on any atom is -0.465 e. The summed E-state index contributed by atoms with van der Waals surface area (Å²) >= 11 is 0. The maximum absolute atomic E-state index is 5.52. The summed E-state index contributed by atoms with van der Waals surface area (Å²) in [5, 5.41) is 3.28. The van der Waals surface area contributed by atoms with Crippen LogP contribution >= 0.6 is 0 Å². The van der Waals surface area contributed by atoms with Crippen LogP contribution in [-0.4, -0.2) is 6.54 Å².